The molecule has 104 valence electrons. The zero-order chi connectivity index (χ0) is 14.7. The van der Waals surface area contributed by atoms with Gasteiger partial charge < -0.3 is 4.98 Å². The number of hydrogen-bond donors (Lipinski definition) is 1. The quantitative estimate of drug-likeness (QED) is 0.708. The molecule has 0 aliphatic carbocycles. The summed E-state index contributed by atoms with van der Waals surface area (Å²) in [5.74, 6) is 0.899. The summed E-state index contributed by atoms with van der Waals surface area (Å²) in [5, 5.41) is 0. The van der Waals surface area contributed by atoms with Crippen molar-refractivity contribution in [2.24, 2.45) is 0 Å². The summed E-state index contributed by atoms with van der Waals surface area (Å²) >= 11 is 5.31. The lowest BCUT2D eigenvalue weighted by molar-refractivity contribution is 0.957. The number of aromatic nitrogens is 2. The molecule has 0 saturated heterocycles. The van der Waals surface area contributed by atoms with Gasteiger partial charge in [0.1, 0.15) is 10.5 Å². The molecular formula is C18H16N2S. The van der Waals surface area contributed by atoms with Crippen LogP contribution in [0.15, 0.2) is 60.7 Å². The Bertz CT molecular complexity index is 807. The second-order valence-corrected chi connectivity index (χ2v) is 5.47. The SMILES string of the molecule is Cc1ccccc1Cc1nc(=S)cc(-c2ccccc2)[nH]1. The number of nitrogens with one attached hydrogen (secondary N) is 1. The van der Waals surface area contributed by atoms with Crippen molar-refractivity contribution >= 4 is 12.2 Å². The predicted octanol–water partition coefficient (Wildman–Crippen LogP) is 4.71. The fourth-order valence-electron chi connectivity index (χ4n) is 2.35. The van der Waals surface area contributed by atoms with Gasteiger partial charge in [-0.15, -0.1) is 0 Å². The van der Waals surface area contributed by atoms with Gasteiger partial charge in [0.15, 0.2) is 0 Å². The number of nitrogens with zero attached hydrogens (tertiary/aromatic N) is 1. The Labute approximate surface area is 129 Å². The highest BCUT2D eigenvalue weighted by atomic mass is 32.1. The zero-order valence-corrected chi connectivity index (χ0v) is 12.7. The van der Waals surface area contributed by atoms with E-state index in [-0.39, 0.29) is 0 Å². The summed E-state index contributed by atoms with van der Waals surface area (Å²) < 4.78 is 0.621. The predicted molar refractivity (Wildman–Crippen MR) is 88.8 cm³/mol. The van der Waals surface area contributed by atoms with Crippen molar-refractivity contribution < 1.29 is 0 Å². The van der Waals surface area contributed by atoms with Gasteiger partial charge in [-0.3, -0.25) is 0 Å². The van der Waals surface area contributed by atoms with Crippen LogP contribution in [0.2, 0.25) is 0 Å². The van der Waals surface area contributed by atoms with Gasteiger partial charge in [0.05, 0.1) is 0 Å². The molecule has 3 aromatic rings. The summed E-state index contributed by atoms with van der Waals surface area (Å²) in [4.78, 5) is 7.85. The Morgan fingerprint density at radius 2 is 1.71 bits per heavy atom. The van der Waals surface area contributed by atoms with E-state index in [1.165, 1.54) is 11.1 Å². The summed E-state index contributed by atoms with van der Waals surface area (Å²) in [6.45, 7) is 2.12. The highest BCUT2D eigenvalue weighted by Crippen LogP contribution is 2.18. The molecule has 0 atom stereocenters. The fraction of sp³-hybridized carbons (Fsp3) is 0.111. The van der Waals surface area contributed by atoms with Crippen LogP contribution in [0.3, 0.4) is 0 Å². The Balaban J connectivity index is 1.99. The third-order valence-electron chi connectivity index (χ3n) is 3.50. The molecular weight excluding hydrogens is 276 g/mol. The van der Waals surface area contributed by atoms with Crippen molar-refractivity contribution in [3.63, 3.8) is 0 Å². The summed E-state index contributed by atoms with van der Waals surface area (Å²) in [7, 11) is 0. The smallest absolute Gasteiger partial charge is 0.130 e. The molecule has 1 heterocycles. The van der Waals surface area contributed by atoms with E-state index in [1.54, 1.807) is 0 Å². The highest BCUT2D eigenvalue weighted by Gasteiger charge is 2.04. The zero-order valence-electron chi connectivity index (χ0n) is 11.8. The molecule has 2 nitrogen and oxygen atoms in total. The molecule has 0 bridgehead atoms. The maximum absolute atomic E-state index is 5.31. The summed E-state index contributed by atoms with van der Waals surface area (Å²) in [6.07, 6.45) is 0.761. The van der Waals surface area contributed by atoms with Crippen LogP contribution in [0.4, 0.5) is 0 Å². The Kier molecular flexibility index (Phi) is 3.93. The van der Waals surface area contributed by atoms with E-state index in [0.29, 0.717) is 4.64 Å². The van der Waals surface area contributed by atoms with Crippen molar-refractivity contribution in [1.29, 1.82) is 0 Å². The Morgan fingerprint density at radius 3 is 2.48 bits per heavy atom. The van der Waals surface area contributed by atoms with E-state index >= 15 is 0 Å². The van der Waals surface area contributed by atoms with E-state index in [0.717, 1.165) is 23.5 Å². The van der Waals surface area contributed by atoms with Gasteiger partial charge in [-0.1, -0.05) is 66.8 Å². The number of hydrogen-bond acceptors (Lipinski definition) is 2. The molecule has 0 aliphatic rings. The van der Waals surface area contributed by atoms with Crippen LogP contribution in [0.5, 0.6) is 0 Å². The normalized spacial score (nSPS) is 10.5. The average Bonchev–Trinajstić information content (AvgIpc) is 2.50. The van der Waals surface area contributed by atoms with Crippen LogP contribution in [0, 0.1) is 11.6 Å². The Hall–Kier alpha value is -2.26. The van der Waals surface area contributed by atoms with Crippen LogP contribution in [-0.2, 0) is 6.42 Å². The molecule has 3 heteroatoms. The number of aromatic amines is 1. The first kappa shape index (κ1) is 13.7. The molecule has 2 aromatic carbocycles. The molecule has 0 aliphatic heterocycles. The van der Waals surface area contributed by atoms with E-state index in [9.17, 15) is 0 Å². The van der Waals surface area contributed by atoms with Gasteiger partial charge in [-0.05, 0) is 29.7 Å². The standard InChI is InChI=1S/C18H16N2S/c1-13-7-5-6-10-15(13)11-17-19-16(12-18(21)20-17)14-8-3-2-4-9-14/h2-10,12H,11H2,1H3,(H,19,20,21). The number of benzene rings is 2. The second kappa shape index (κ2) is 6.02. The van der Waals surface area contributed by atoms with E-state index < -0.39 is 0 Å². The van der Waals surface area contributed by atoms with Crippen molar-refractivity contribution in [3.8, 4) is 11.3 Å². The molecule has 0 unspecified atom stereocenters. The first-order valence-electron chi connectivity index (χ1n) is 6.92. The van der Waals surface area contributed by atoms with Gasteiger partial charge in [-0.2, -0.15) is 0 Å². The van der Waals surface area contributed by atoms with Crippen LogP contribution < -0.4 is 0 Å². The fourth-order valence-corrected chi connectivity index (χ4v) is 2.58. The van der Waals surface area contributed by atoms with Gasteiger partial charge in [0.25, 0.3) is 0 Å². The Morgan fingerprint density at radius 1 is 1.00 bits per heavy atom. The lowest BCUT2D eigenvalue weighted by Gasteiger charge is -2.08. The van der Waals surface area contributed by atoms with Crippen LogP contribution in [-0.4, -0.2) is 9.97 Å². The maximum Gasteiger partial charge on any atom is 0.130 e. The topological polar surface area (TPSA) is 28.7 Å². The van der Waals surface area contributed by atoms with Gasteiger partial charge in [0.2, 0.25) is 0 Å². The molecule has 0 saturated carbocycles. The molecule has 0 spiro atoms. The van der Waals surface area contributed by atoms with E-state index in [4.69, 9.17) is 12.2 Å². The highest BCUT2D eigenvalue weighted by molar-refractivity contribution is 7.71. The van der Waals surface area contributed by atoms with Crippen molar-refractivity contribution in [2.45, 2.75) is 13.3 Å². The molecule has 1 aromatic heterocycles. The first-order chi connectivity index (χ1) is 10.2. The van der Waals surface area contributed by atoms with Crippen LogP contribution in [0.1, 0.15) is 17.0 Å². The van der Waals surface area contributed by atoms with Crippen molar-refractivity contribution in [1.82, 2.24) is 9.97 Å². The van der Waals surface area contributed by atoms with Gasteiger partial charge in [-0.25, -0.2) is 4.98 Å². The molecule has 21 heavy (non-hydrogen) atoms. The molecule has 1 N–H and O–H groups in total. The third kappa shape index (κ3) is 3.26. The van der Waals surface area contributed by atoms with E-state index in [2.05, 4.69) is 53.3 Å². The average molecular weight is 292 g/mol. The summed E-state index contributed by atoms with van der Waals surface area (Å²) in [6, 6.07) is 20.4. The molecule has 0 fully saturated rings. The molecule has 0 amide bonds. The minimum Gasteiger partial charge on any atom is -0.343 e. The van der Waals surface area contributed by atoms with Gasteiger partial charge in [0, 0.05) is 12.1 Å². The van der Waals surface area contributed by atoms with Crippen molar-refractivity contribution in [3.05, 3.63) is 82.3 Å². The van der Waals surface area contributed by atoms with Crippen LogP contribution in [0.25, 0.3) is 11.3 Å². The minimum atomic E-state index is 0.621. The van der Waals surface area contributed by atoms with Crippen molar-refractivity contribution in [2.75, 3.05) is 0 Å². The first-order valence-corrected chi connectivity index (χ1v) is 7.33. The number of aryl methyl sites for hydroxylation is 1. The maximum atomic E-state index is 5.31. The second-order valence-electron chi connectivity index (χ2n) is 5.05. The lowest BCUT2D eigenvalue weighted by atomic mass is 10.1. The summed E-state index contributed by atoms with van der Waals surface area (Å²) in [5.41, 5.74) is 4.67. The largest absolute Gasteiger partial charge is 0.343 e. The number of rotatable bonds is 3. The minimum absolute atomic E-state index is 0.621. The number of H-pyrrole nitrogens is 1. The monoisotopic (exact) mass is 292 g/mol. The molecule has 3 rings (SSSR count). The third-order valence-corrected chi connectivity index (χ3v) is 3.71. The van der Waals surface area contributed by atoms with E-state index in [1.807, 2.05) is 24.3 Å². The van der Waals surface area contributed by atoms with Crippen LogP contribution >= 0.6 is 12.2 Å². The molecule has 0 radical (unpaired) electrons. The lowest BCUT2D eigenvalue weighted by Crippen LogP contribution is -2.00. The van der Waals surface area contributed by atoms with Gasteiger partial charge >= 0.3 is 0 Å².